The second kappa shape index (κ2) is 7.72. The van der Waals surface area contributed by atoms with Crippen LogP contribution in [0.2, 0.25) is 0 Å². The number of carbonyl (C=O) groups is 2. The van der Waals surface area contributed by atoms with Gasteiger partial charge in [0.15, 0.2) is 0 Å². The molecule has 1 heterocycles. The summed E-state index contributed by atoms with van der Waals surface area (Å²) in [6.45, 7) is 7.06. The van der Waals surface area contributed by atoms with Gasteiger partial charge in [-0.05, 0) is 48.7 Å². The Kier molecular flexibility index (Phi) is 5.33. The predicted molar refractivity (Wildman–Crippen MR) is 109 cm³/mol. The van der Waals surface area contributed by atoms with Gasteiger partial charge in [-0.1, -0.05) is 36.9 Å². The van der Waals surface area contributed by atoms with Crippen LogP contribution in [0.3, 0.4) is 0 Å². The van der Waals surface area contributed by atoms with Gasteiger partial charge in [0.2, 0.25) is 5.91 Å². The van der Waals surface area contributed by atoms with E-state index in [1.807, 2.05) is 0 Å². The van der Waals surface area contributed by atoms with E-state index in [4.69, 9.17) is 0 Å². The van der Waals surface area contributed by atoms with E-state index in [-0.39, 0.29) is 23.8 Å². The van der Waals surface area contributed by atoms with Crippen LogP contribution in [0.15, 0.2) is 54.7 Å². The fraction of sp³-hybridized carbons (Fsp3) is 0.174. The van der Waals surface area contributed by atoms with E-state index < -0.39 is 11.4 Å². The zero-order chi connectivity index (χ0) is 21.2. The van der Waals surface area contributed by atoms with Crippen molar-refractivity contribution in [2.24, 2.45) is 0 Å². The highest BCUT2D eigenvalue weighted by atomic mass is 19.1. The molecule has 3 rings (SSSR count). The Hall–Kier alpha value is -3.72. The third kappa shape index (κ3) is 3.81. The van der Waals surface area contributed by atoms with Gasteiger partial charge in [-0.2, -0.15) is 5.26 Å². The van der Waals surface area contributed by atoms with Crippen LogP contribution in [-0.4, -0.2) is 17.4 Å². The fourth-order valence-corrected chi connectivity index (χ4v) is 3.45. The van der Waals surface area contributed by atoms with Crippen molar-refractivity contribution in [2.75, 3.05) is 0 Å². The normalized spacial score (nSPS) is 20.3. The molecule has 1 fully saturated rings. The van der Waals surface area contributed by atoms with E-state index >= 15 is 0 Å². The van der Waals surface area contributed by atoms with Gasteiger partial charge in [0.25, 0.3) is 5.91 Å². The molecule has 29 heavy (non-hydrogen) atoms. The molecule has 2 N–H and O–H groups in total. The molecule has 0 saturated carbocycles. The van der Waals surface area contributed by atoms with Crippen molar-refractivity contribution < 1.29 is 14.0 Å². The van der Waals surface area contributed by atoms with E-state index in [1.165, 1.54) is 12.1 Å². The minimum atomic E-state index is -1.19. The first-order valence-corrected chi connectivity index (χ1v) is 9.04. The summed E-state index contributed by atoms with van der Waals surface area (Å²) < 4.78 is 13.1. The molecule has 1 atom stereocenters. The minimum Gasteiger partial charge on any atom is -0.336 e. The van der Waals surface area contributed by atoms with Crippen molar-refractivity contribution in [1.29, 1.82) is 5.26 Å². The molecule has 0 spiro atoms. The molecule has 5 nitrogen and oxygen atoms in total. The molecule has 146 valence electrons. The van der Waals surface area contributed by atoms with Crippen molar-refractivity contribution in [3.63, 3.8) is 0 Å². The van der Waals surface area contributed by atoms with Gasteiger partial charge in [0.05, 0.1) is 11.6 Å². The number of nitriles is 1. The Morgan fingerprint density at radius 1 is 1.24 bits per heavy atom. The Labute approximate surface area is 168 Å². The first kappa shape index (κ1) is 20.0. The van der Waals surface area contributed by atoms with Crippen LogP contribution in [-0.2, 0) is 16.0 Å². The summed E-state index contributed by atoms with van der Waals surface area (Å²) in [5, 5.41) is 14.9. The molecule has 0 bridgehead atoms. The third-order valence-corrected chi connectivity index (χ3v) is 5.01. The van der Waals surface area contributed by atoms with Gasteiger partial charge in [0, 0.05) is 12.0 Å². The van der Waals surface area contributed by atoms with Gasteiger partial charge < -0.3 is 10.6 Å². The van der Waals surface area contributed by atoms with Crippen molar-refractivity contribution >= 4 is 23.5 Å². The van der Waals surface area contributed by atoms with Crippen LogP contribution in [0.4, 0.5) is 4.39 Å². The number of nitrogens with one attached hydrogen (secondary N) is 2. The van der Waals surface area contributed by atoms with E-state index in [9.17, 15) is 19.2 Å². The fourth-order valence-electron chi connectivity index (χ4n) is 3.45. The molecule has 1 saturated heterocycles. The second-order valence-corrected chi connectivity index (χ2v) is 7.13. The summed E-state index contributed by atoms with van der Waals surface area (Å²) in [7, 11) is 0. The standard InChI is InChI=1S/C23H20FN3O2/c1-4-16-6-5-7-17(13-25)19(16)14(2)20-21(28)27-23(3,22(29)26-20)12-15-8-10-18(24)11-9-15/h4-11H,1,12H2,2-3H3,(H,26,29)(H,27,28). The van der Waals surface area contributed by atoms with Crippen LogP contribution >= 0.6 is 0 Å². The lowest BCUT2D eigenvalue weighted by Crippen LogP contribution is -2.64. The number of nitrogens with zero attached hydrogens (tertiary/aromatic N) is 1. The van der Waals surface area contributed by atoms with Gasteiger partial charge in [-0.3, -0.25) is 9.59 Å². The zero-order valence-corrected chi connectivity index (χ0v) is 16.2. The molecule has 2 amide bonds. The van der Waals surface area contributed by atoms with E-state index in [2.05, 4.69) is 23.3 Å². The number of piperazine rings is 1. The van der Waals surface area contributed by atoms with Gasteiger partial charge in [0.1, 0.15) is 17.1 Å². The largest absolute Gasteiger partial charge is 0.336 e. The number of amides is 2. The maximum atomic E-state index is 13.1. The number of carbonyl (C=O) groups excluding carboxylic acids is 2. The van der Waals surface area contributed by atoms with Crippen LogP contribution in [0.1, 0.15) is 36.1 Å². The molecule has 6 heteroatoms. The monoisotopic (exact) mass is 389 g/mol. The highest BCUT2D eigenvalue weighted by molar-refractivity contribution is 6.11. The van der Waals surface area contributed by atoms with E-state index in [0.717, 1.165) is 5.56 Å². The number of rotatable bonds is 4. The molecule has 0 aliphatic carbocycles. The quantitative estimate of drug-likeness (QED) is 0.787. The summed E-state index contributed by atoms with van der Waals surface area (Å²) in [4.78, 5) is 25.7. The maximum absolute atomic E-state index is 13.1. The van der Waals surface area contributed by atoms with Crippen LogP contribution in [0.5, 0.6) is 0 Å². The van der Waals surface area contributed by atoms with Gasteiger partial charge in [-0.15, -0.1) is 0 Å². The van der Waals surface area contributed by atoms with Crippen molar-refractivity contribution in [2.45, 2.75) is 25.8 Å². The first-order chi connectivity index (χ1) is 13.8. The van der Waals surface area contributed by atoms with Crippen LogP contribution in [0, 0.1) is 17.1 Å². The summed E-state index contributed by atoms with van der Waals surface area (Å²) in [5.74, 6) is -1.20. The lowest BCUT2D eigenvalue weighted by atomic mass is 9.88. The number of hydrogen-bond acceptors (Lipinski definition) is 3. The lowest BCUT2D eigenvalue weighted by Gasteiger charge is -2.35. The molecule has 1 aliphatic heterocycles. The third-order valence-electron chi connectivity index (χ3n) is 5.01. The Morgan fingerprint density at radius 3 is 2.55 bits per heavy atom. The lowest BCUT2D eigenvalue weighted by molar-refractivity contribution is -0.135. The highest BCUT2D eigenvalue weighted by Gasteiger charge is 2.41. The zero-order valence-electron chi connectivity index (χ0n) is 16.2. The van der Waals surface area contributed by atoms with Crippen LogP contribution < -0.4 is 10.6 Å². The maximum Gasteiger partial charge on any atom is 0.268 e. The number of benzene rings is 2. The molecule has 1 aliphatic rings. The molecule has 0 radical (unpaired) electrons. The smallest absolute Gasteiger partial charge is 0.268 e. The molecule has 1 unspecified atom stereocenters. The van der Waals surface area contributed by atoms with Crippen molar-refractivity contribution in [3.8, 4) is 6.07 Å². The Morgan fingerprint density at radius 2 is 1.93 bits per heavy atom. The summed E-state index contributed by atoms with van der Waals surface area (Å²) in [6.07, 6.45) is 1.81. The average molecular weight is 389 g/mol. The predicted octanol–water partition coefficient (Wildman–Crippen LogP) is 3.32. The second-order valence-electron chi connectivity index (χ2n) is 7.13. The van der Waals surface area contributed by atoms with Crippen LogP contribution in [0.25, 0.3) is 11.6 Å². The summed E-state index contributed by atoms with van der Waals surface area (Å²) in [6, 6.07) is 13.1. The Bertz CT molecular complexity index is 1080. The van der Waals surface area contributed by atoms with Gasteiger partial charge >= 0.3 is 0 Å². The number of allylic oxidation sites excluding steroid dienone is 1. The minimum absolute atomic E-state index is 0.0948. The molecular weight excluding hydrogens is 369 g/mol. The molecular formula is C23H20FN3O2. The summed E-state index contributed by atoms with van der Waals surface area (Å²) in [5.41, 5.74) is 1.73. The SMILES string of the molecule is C=Cc1cccc(C#N)c1C(C)=C1NC(=O)C(C)(Cc2ccc(F)cc2)NC1=O. The van der Waals surface area contributed by atoms with Gasteiger partial charge in [-0.25, -0.2) is 4.39 Å². The molecule has 2 aromatic rings. The van der Waals surface area contributed by atoms with E-state index in [0.29, 0.717) is 22.3 Å². The topological polar surface area (TPSA) is 82.0 Å². The summed E-state index contributed by atoms with van der Waals surface area (Å²) >= 11 is 0. The number of hydrogen-bond donors (Lipinski definition) is 2. The number of halogens is 1. The average Bonchev–Trinajstić information content (AvgIpc) is 2.71. The van der Waals surface area contributed by atoms with E-state index in [1.54, 1.807) is 50.3 Å². The highest BCUT2D eigenvalue weighted by Crippen LogP contribution is 2.28. The molecule has 2 aromatic carbocycles. The molecule has 0 aromatic heterocycles. The Balaban J connectivity index is 1.97. The first-order valence-electron chi connectivity index (χ1n) is 9.04. The van der Waals surface area contributed by atoms with Crippen molar-refractivity contribution in [3.05, 3.63) is 82.8 Å². The van der Waals surface area contributed by atoms with Crippen molar-refractivity contribution in [1.82, 2.24) is 10.6 Å².